The van der Waals surface area contributed by atoms with E-state index in [1.807, 2.05) is 13.8 Å². The van der Waals surface area contributed by atoms with Crippen LogP contribution in [0.15, 0.2) is 29.1 Å². The van der Waals surface area contributed by atoms with Gasteiger partial charge in [0.1, 0.15) is 11.6 Å². The van der Waals surface area contributed by atoms with E-state index in [2.05, 4.69) is 15.6 Å². The van der Waals surface area contributed by atoms with Crippen molar-refractivity contribution in [1.82, 2.24) is 20.3 Å². The summed E-state index contributed by atoms with van der Waals surface area (Å²) in [4.78, 5) is 25.1. The molecule has 1 amide bonds. The van der Waals surface area contributed by atoms with Gasteiger partial charge in [-0.1, -0.05) is 17.3 Å². The third-order valence-electron chi connectivity index (χ3n) is 4.38. The fourth-order valence-electron chi connectivity index (χ4n) is 3.04. The van der Waals surface area contributed by atoms with E-state index in [4.69, 9.17) is 4.74 Å². The SMILES string of the molecule is C[C@H](C(=O)N[C@H]1CCOC(C)(C)C1)n1nnc2ccccc2c1=O. The average Bonchev–Trinajstić information content (AvgIpc) is 2.54. The lowest BCUT2D eigenvalue weighted by Gasteiger charge is -2.36. The number of nitrogens with zero attached hydrogens (tertiary/aromatic N) is 3. The minimum atomic E-state index is -0.722. The fourth-order valence-corrected chi connectivity index (χ4v) is 3.04. The molecular weight excluding hydrogens is 308 g/mol. The van der Waals surface area contributed by atoms with Crippen LogP contribution in [0.1, 0.15) is 39.7 Å². The second kappa shape index (κ2) is 6.32. The van der Waals surface area contributed by atoms with Crippen molar-refractivity contribution in [2.45, 2.75) is 51.3 Å². The van der Waals surface area contributed by atoms with Crippen molar-refractivity contribution >= 4 is 16.8 Å². The smallest absolute Gasteiger partial charge is 0.278 e. The molecule has 0 saturated carbocycles. The first-order chi connectivity index (χ1) is 11.4. The first-order valence-corrected chi connectivity index (χ1v) is 8.16. The van der Waals surface area contributed by atoms with Crippen LogP contribution in [-0.4, -0.2) is 39.2 Å². The maximum absolute atomic E-state index is 12.5. The maximum Gasteiger partial charge on any atom is 0.278 e. The molecule has 0 radical (unpaired) electrons. The molecule has 0 unspecified atom stereocenters. The van der Waals surface area contributed by atoms with Crippen LogP contribution in [-0.2, 0) is 9.53 Å². The molecule has 2 atom stereocenters. The van der Waals surface area contributed by atoms with E-state index in [0.717, 1.165) is 17.5 Å². The Balaban J connectivity index is 1.79. The summed E-state index contributed by atoms with van der Waals surface area (Å²) in [6.45, 7) is 6.29. The van der Waals surface area contributed by atoms with E-state index in [-0.39, 0.29) is 23.1 Å². The van der Waals surface area contributed by atoms with Crippen LogP contribution in [0.4, 0.5) is 0 Å². The minimum absolute atomic E-state index is 0.0350. The Labute approximate surface area is 140 Å². The van der Waals surface area contributed by atoms with Crippen molar-refractivity contribution in [1.29, 1.82) is 0 Å². The number of ether oxygens (including phenoxy) is 1. The Hall–Kier alpha value is -2.28. The van der Waals surface area contributed by atoms with Gasteiger partial charge in [0.15, 0.2) is 0 Å². The van der Waals surface area contributed by atoms with E-state index >= 15 is 0 Å². The van der Waals surface area contributed by atoms with Crippen molar-refractivity contribution in [3.05, 3.63) is 34.6 Å². The molecule has 0 aliphatic carbocycles. The molecule has 1 fully saturated rings. The summed E-state index contributed by atoms with van der Waals surface area (Å²) < 4.78 is 6.80. The molecule has 7 nitrogen and oxygen atoms in total. The number of rotatable bonds is 3. The number of hydrogen-bond acceptors (Lipinski definition) is 5. The Morgan fingerprint density at radius 2 is 2.17 bits per heavy atom. The standard InChI is InChI=1S/C17H22N4O3/c1-11(15(22)18-12-8-9-24-17(2,3)10-12)21-16(23)13-6-4-5-7-14(13)19-20-21/h4-7,11-12H,8-10H2,1-3H3,(H,18,22)/t11-,12+/m1/s1. The topological polar surface area (TPSA) is 86.1 Å². The van der Waals surface area contributed by atoms with Gasteiger partial charge >= 0.3 is 0 Å². The number of fused-ring (bicyclic) bond motifs is 1. The third-order valence-corrected chi connectivity index (χ3v) is 4.38. The number of carbonyl (C=O) groups excluding carboxylic acids is 1. The van der Waals surface area contributed by atoms with Crippen LogP contribution in [0.5, 0.6) is 0 Å². The quantitative estimate of drug-likeness (QED) is 0.920. The van der Waals surface area contributed by atoms with Gasteiger partial charge in [0.05, 0.1) is 11.0 Å². The normalized spacial score (nSPS) is 21.4. The molecule has 2 aromatic rings. The van der Waals surface area contributed by atoms with Gasteiger partial charge in [0, 0.05) is 12.6 Å². The van der Waals surface area contributed by atoms with Crippen LogP contribution in [0, 0.1) is 0 Å². The maximum atomic E-state index is 12.5. The van der Waals surface area contributed by atoms with E-state index < -0.39 is 6.04 Å². The largest absolute Gasteiger partial charge is 0.375 e. The predicted molar refractivity (Wildman–Crippen MR) is 89.7 cm³/mol. The Morgan fingerprint density at radius 1 is 1.42 bits per heavy atom. The van der Waals surface area contributed by atoms with Crippen molar-refractivity contribution in [2.24, 2.45) is 0 Å². The first kappa shape index (κ1) is 16.6. The molecule has 1 aliphatic heterocycles. The van der Waals surface area contributed by atoms with Gasteiger partial charge in [-0.25, -0.2) is 0 Å². The molecule has 1 aliphatic rings. The Bertz CT molecular complexity index is 815. The molecule has 2 heterocycles. The van der Waals surface area contributed by atoms with Gasteiger partial charge in [-0.2, -0.15) is 4.68 Å². The van der Waals surface area contributed by atoms with Gasteiger partial charge in [-0.15, -0.1) is 5.10 Å². The average molecular weight is 330 g/mol. The zero-order chi connectivity index (χ0) is 17.3. The van der Waals surface area contributed by atoms with Crippen LogP contribution < -0.4 is 10.9 Å². The molecular formula is C17H22N4O3. The third kappa shape index (κ3) is 3.31. The van der Waals surface area contributed by atoms with Crippen molar-refractivity contribution in [3.63, 3.8) is 0 Å². The second-order valence-corrected chi connectivity index (χ2v) is 6.84. The summed E-state index contributed by atoms with van der Waals surface area (Å²) in [7, 11) is 0. The monoisotopic (exact) mass is 330 g/mol. The first-order valence-electron chi connectivity index (χ1n) is 8.16. The molecule has 1 saturated heterocycles. The van der Waals surface area contributed by atoms with Crippen molar-refractivity contribution < 1.29 is 9.53 Å². The molecule has 7 heteroatoms. The van der Waals surface area contributed by atoms with Gasteiger partial charge in [0.25, 0.3) is 5.56 Å². The molecule has 1 aromatic carbocycles. The lowest BCUT2D eigenvalue weighted by atomic mass is 9.94. The predicted octanol–water partition coefficient (Wildman–Crippen LogP) is 1.43. The van der Waals surface area contributed by atoms with Crippen LogP contribution in [0.3, 0.4) is 0 Å². The fraction of sp³-hybridized carbons (Fsp3) is 0.529. The van der Waals surface area contributed by atoms with E-state index in [1.54, 1.807) is 31.2 Å². The number of aromatic nitrogens is 3. The lowest BCUT2D eigenvalue weighted by molar-refractivity contribution is -0.127. The van der Waals surface area contributed by atoms with E-state index in [9.17, 15) is 9.59 Å². The highest BCUT2D eigenvalue weighted by atomic mass is 16.5. The van der Waals surface area contributed by atoms with E-state index in [1.165, 1.54) is 0 Å². The Kier molecular flexibility index (Phi) is 4.36. The number of carbonyl (C=O) groups is 1. The van der Waals surface area contributed by atoms with Gasteiger partial charge < -0.3 is 10.1 Å². The highest BCUT2D eigenvalue weighted by Crippen LogP contribution is 2.24. The second-order valence-electron chi connectivity index (χ2n) is 6.84. The summed E-state index contributed by atoms with van der Waals surface area (Å²) in [5.74, 6) is -0.232. The van der Waals surface area contributed by atoms with Gasteiger partial charge in [-0.05, 0) is 45.7 Å². The number of amides is 1. The summed E-state index contributed by atoms with van der Waals surface area (Å²) in [6.07, 6.45) is 1.50. The van der Waals surface area contributed by atoms with Crippen LogP contribution >= 0.6 is 0 Å². The zero-order valence-corrected chi connectivity index (χ0v) is 14.2. The number of hydrogen-bond donors (Lipinski definition) is 1. The summed E-state index contributed by atoms with van der Waals surface area (Å²) in [6, 6.07) is 6.29. The molecule has 1 aromatic heterocycles. The number of nitrogens with one attached hydrogen (secondary N) is 1. The molecule has 0 spiro atoms. The zero-order valence-electron chi connectivity index (χ0n) is 14.2. The highest BCUT2D eigenvalue weighted by Gasteiger charge is 2.31. The summed E-state index contributed by atoms with van der Waals surface area (Å²) >= 11 is 0. The summed E-state index contributed by atoms with van der Waals surface area (Å²) in [5.41, 5.74) is -0.0351. The van der Waals surface area contributed by atoms with Crippen molar-refractivity contribution in [3.8, 4) is 0 Å². The molecule has 0 bridgehead atoms. The van der Waals surface area contributed by atoms with Crippen LogP contribution in [0.25, 0.3) is 10.9 Å². The van der Waals surface area contributed by atoms with Gasteiger partial charge in [0.2, 0.25) is 5.91 Å². The molecule has 1 N–H and O–H groups in total. The number of benzene rings is 1. The van der Waals surface area contributed by atoms with Crippen molar-refractivity contribution in [2.75, 3.05) is 6.61 Å². The highest BCUT2D eigenvalue weighted by molar-refractivity contribution is 5.81. The molecule has 128 valence electrons. The van der Waals surface area contributed by atoms with Gasteiger partial charge in [-0.3, -0.25) is 9.59 Å². The van der Waals surface area contributed by atoms with Crippen LogP contribution in [0.2, 0.25) is 0 Å². The molecule has 3 rings (SSSR count). The van der Waals surface area contributed by atoms with E-state index in [0.29, 0.717) is 17.5 Å². The minimum Gasteiger partial charge on any atom is -0.375 e. The Morgan fingerprint density at radius 3 is 2.92 bits per heavy atom. The lowest BCUT2D eigenvalue weighted by Crippen LogP contribution is -2.48. The summed E-state index contributed by atoms with van der Waals surface area (Å²) in [5, 5.41) is 11.4. The molecule has 24 heavy (non-hydrogen) atoms.